The molecule has 0 saturated carbocycles. The van der Waals surface area contributed by atoms with E-state index in [-0.39, 0.29) is 5.91 Å². The molecular formula is C18H11ClN2OS2. The van der Waals surface area contributed by atoms with Crippen molar-refractivity contribution in [2.75, 3.05) is 5.32 Å². The summed E-state index contributed by atoms with van der Waals surface area (Å²) < 4.78 is 1.72. The molecule has 0 atom stereocenters. The SMILES string of the molecule is O=C(Nc1ccccc1-c1nc2ccccc2s1)c1ccc(Cl)s1. The van der Waals surface area contributed by atoms with Crippen molar-refractivity contribution in [3.05, 3.63) is 69.9 Å². The van der Waals surface area contributed by atoms with Gasteiger partial charge in [0.2, 0.25) is 0 Å². The molecule has 2 aromatic heterocycles. The smallest absolute Gasteiger partial charge is 0.265 e. The molecule has 0 spiro atoms. The second-order valence-electron chi connectivity index (χ2n) is 5.09. The maximum Gasteiger partial charge on any atom is 0.265 e. The molecule has 0 saturated heterocycles. The number of halogens is 1. The quantitative estimate of drug-likeness (QED) is 0.485. The number of nitrogens with one attached hydrogen (secondary N) is 1. The summed E-state index contributed by atoms with van der Waals surface area (Å²) in [6.07, 6.45) is 0. The molecule has 1 amide bonds. The van der Waals surface area contributed by atoms with Crippen molar-refractivity contribution in [2.24, 2.45) is 0 Å². The molecule has 4 aromatic rings. The summed E-state index contributed by atoms with van der Waals surface area (Å²) in [5.74, 6) is -0.166. The summed E-state index contributed by atoms with van der Waals surface area (Å²) in [4.78, 5) is 17.7. The van der Waals surface area contributed by atoms with Gasteiger partial charge in [0.15, 0.2) is 0 Å². The van der Waals surface area contributed by atoms with Crippen LogP contribution >= 0.6 is 34.3 Å². The molecule has 0 radical (unpaired) electrons. The molecule has 4 rings (SSSR count). The predicted octanol–water partition coefficient (Wildman–Crippen LogP) is 5.93. The molecule has 2 aromatic carbocycles. The Morgan fingerprint density at radius 1 is 0.958 bits per heavy atom. The number of fused-ring (bicyclic) bond motifs is 1. The van der Waals surface area contributed by atoms with Gasteiger partial charge in [-0.15, -0.1) is 22.7 Å². The van der Waals surface area contributed by atoms with Crippen molar-refractivity contribution in [2.45, 2.75) is 0 Å². The molecule has 0 aliphatic carbocycles. The zero-order valence-corrected chi connectivity index (χ0v) is 14.7. The van der Waals surface area contributed by atoms with E-state index in [1.807, 2.05) is 48.5 Å². The minimum atomic E-state index is -0.166. The van der Waals surface area contributed by atoms with Crippen LogP contribution in [0.15, 0.2) is 60.7 Å². The van der Waals surface area contributed by atoms with Gasteiger partial charge < -0.3 is 5.32 Å². The summed E-state index contributed by atoms with van der Waals surface area (Å²) in [6.45, 7) is 0. The van der Waals surface area contributed by atoms with Crippen LogP contribution in [0.3, 0.4) is 0 Å². The van der Waals surface area contributed by atoms with Gasteiger partial charge >= 0.3 is 0 Å². The van der Waals surface area contributed by atoms with Crippen LogP contribution in [0, 0.1) is 0 Å². The number of carbonyl (C=O) groups is 1. The molecule has 0 unspecified atom stereocenters. The van der Waals surface area contributed by atoms with E-state index in [1.165, 1.54) is 11.3 Å². The number of hydrogen-bond donors (Lipinski definition) is 1. The first-order valence-corrected chi connectivity index (χ1v) is 9.23. The number of aromatic nitrogens is 1. The van der Waals surface area contributed by atoms with Crippen molar-refractivity contribution in [3.8, 4) is 10.6 Å². The second-order valence-corrected chi connectivity index (χ2v) is 7.84. The zero-order chi connectivity index (χ0) is 16.5. The van der Waals surface area contributed by atoms with Crippen LogP contribution in [0.1, 0.15) is 9.67 Å². The number of amides is 1. The van der Waals surface area contributed by atoms with E-state index in [0.717, 1.165) is 26.5 Å². The molecular weight excluding hydrogens is 360 g/mol. The summed E-state index contributed by atoms with van der Waals surface area (Å²) in [5, 5.41) is 3.85. The normalized spacial score (nSPS) is 10.9. The highest BCUT2D eigenvalue weighted by molar-refractivity contribution is 7.21. The number of rotatable bonds is 3. The van der Waals surface area contributed by atoms with E-state index >= 15 is 0 Å². The number of carbonyl (C=O) groups excluding carboxylic acids is 1. The Labute approximate surface area is 151 Å². The fraction of sp³-hybridized carbons (Fsp3) is 0. The Morgan fingerprint density at radius 2 is 1.75 bits per heavy atom. The minimum Gasteiger partial charge on any atom is -0.321 e. The highest BCUT2D eigenvalue weighted by atomic mass is 35.5. The summed E-state index contributed by atoms with van der Waals surface area (Å²) in [6, 6.07) is 19.1. The molecule has 0 bridgehead atoms. The lowest BCUT2D eigenvalue weighted by Crippen LogP contribution is -2.10. The van der Waals surface area contributed by atoms with E-state index in [1.54, 1.807) is 23.5 Å². The van der Waals surface area contributed by atoms with Crippen molar-refractivity contribution in [1.29, 1.82) is 0 Å². The topological polar surface area (TPSA) is 42.0 Å². The van der Waals surface area contributed by atoms with Crippen LogP contribution in [0.5, 0.6) is 0 Å². The number of hydrogen-bond acceptors (Lipinski definition) is 4. The highest BCUT2D eigenvalue weighted by Gasteiger charge is 2.14. The van der Waals surface area contributed by atoms with Crippen LogP contribution in [0.25, 0.3) is 20.8 Å². The number of anilines is 1. The number of para-hydroxylation sites is 2. The predicted molar refractivity (Wildman–Crippen MR) is 102 cm³/mol. The van der Waals surface area contributed by atoms with E-state index in [0.29, 0.717) is 9.21 Å². The van der Waals surface area contributed by atoms with Crippen molar-refractivity contribution < 1.29 is 4.79 Å². The number of thiazole rings is 1. The van der Waals surface area contributed by atoms with Crippen LogP contribution < -0.4 is 5.32 Å². The van der Waals surface area contributed by atoms with Gasteiger partial charge in [0, 0.05) is 5.56 Å². The third-order valence-electron chi connectivity index (χ3n) is 3.50. The summed E-state index contributed by atoms with van der Waals surface area (Å²) >= 11 is 8.78. The van der Waals surface area contributed by atoms with E-state index in [9.17, 15) is 4.79 Å². The van der Waals surface area contributed by atoms with Gasteiger partial charge in [-0.3, -0.25) is 4.79 Å². The first-order valence-electron chi connectivity index (χ1n) is 7.22. The fourth-order valence-corrected chi connectivity index (χ4v) is 4.33. The first-order chi connectivity index (χ1) is 11.7. The Kier molecular flexibility index (Phi) is 4.06. The summed E-state index contributed by atoms with van der Waals surface area (Å²) in [5.41, 5.74) is 2.62. The summed E-state index contributed by atoms with van der Waals surface area (Å²) in [7, 11) is 0. The molecule has 1 N–H and O–H groups in total. The van der Waals surface area contributed by atoms with E-state index < -0.39 is 0 Å². The van der Waals surface area contributed by atoms with Gasteiger partial charge in [0.1, 0.15) is 5.01 Å². The lowest BCUT2D eigenvalue weighted by atomic mass is 10.2. The third kappa shape index (κ3) is 2.94. The first kappa shape index (κ1) is 15.3. The number of benzene rings is 2. The number of thiophene rings is 1. The maximum atomic E-state index is 12.4. The molecule has 6 heteroatoms. The number of nitrogens with zero attached hydrogens (tertiary/aromatic N) is 1. The standard InChI is InChI=1S/C18H11ClN2OS2/c19-16-10-9-15(23-16)17(22)20-12-6-2-1-5-11(12)18-21-13-7-3-4-8-14(13)24-18/h1-10H,(H,20,22). The second kappa shape index (κ2) is 6.36. The van der Waals surface area contributed by atoms with Crippen molar-refractivity contribution >= 4 is 56.1 Å². The monoisotopic (exact) mass is 370 g/mol. The van der Waals surface area contributed by atoms with Crippen LogP contribution in [-0.2, 0) is 0 Å². The third-order valence-corrected chi connectivity index (χ3v) is 5.80. The van der Waals surface area contributed by atoms with Gasteiger partial charge in [0.25, 0.3) is 5.91 Å². The van der Waals surface area contributed by atoms with Gasteiger partial charge in [-0.05, 0) is 36.4 Å². The van der Waals surface area contributed by atoms with Gasteiger partial charge in [-0.25, -0.2) is 4.98 Å². The average Bonchev–Trinajstić information content (AvgIpc) is 3.21. The van der Waals surface area contributed by atoms with Crippen LogP contribution in [0.2, 0.25) is 4.34 Å². The van der Waals surface area contributed by atoms with Crippen molar-refractivity contribution in [3.63, 3.8) is 0 Å². The van der Waals surface area contributed by atoms with Gasteiger partial charge in [-0.1, -0.05) is 35.9 Å². The van der Waals surface area contributed by atoms with Crippen LogP contribution in [-0.4, -0.2) is 10.9 Å². The van der Waals surface area contributed by atoms with Crippen LogP contribution in [0.4, 0.5) is 5.69 Å². The maximum absolute atomic E-state index is 12.4. The van der Waals surface area contributed by atoms with E-state index in [2.05, 4.69) is 10.3 Å². The van der Waals surface area contributed by atoms with Crippen molar-refractivity contribution in [1.82, 2.24) is 4.98 Å². The molecule has 0 aliphatic rings. The molecule has 2 heterocycles. The Morgan fingerprint density at radius 3 is 2.54 bits per heavy atom. The minimum absolute atomic E-state index is 0.166. The Bertz CT molecular complexity index is 1010. The zero-order valence-electron chi connectivity index (χ0n) is 12.3. The lowest BCUT2D eigenvalue weighted by Gasteiger charge is -2.08. The fourth-order valence-electron chi connectivity index (χ4n) is 2.39. The molecule has 3 nitrogen and oxygen atoms in total. The largest absolute Gasteiger partial charge is 0.321 e. The Hall–Kier alpha value is -2.21. The molecule has 24 heavy (non-hydrogen) atoms. The molecule has 118 valence electrons. The lowest BCUT2D eigenvalue weighted by molar-refractivity contribution is 0.103. The highest BCUT2D eigenvalue weighted by Crippen LogP contribution is 2.34. The molecule has 0 fully saturated rings. The van der Waals surface area contributed by atoms with E-state index in [4.69, 9.17) is 11.6 Å². The van der Waals surface area contributed by atoms with Gasteiger partial charge in [0.05, 0.1) is 25.1 Å². The van der Waals surface area contributed by atoms with Gasteiger partial charge in [-0.2, -0.15) is 0 Å². The Balaban J connectivity index is 1.71. The average molecular weight is 371 g/mol. The molecule has 0 aliphatic heterocycles.